The second-order valence-corrected chi connectivity index (χ2v) is 2.49. The number of rotatable bonds is 3. The maximum atomic E-state index is 4.97. The fourth-order valence-corrected chi connectivity index (χ4v) is 1.10. The molecule has 64 valence electrons. The van der Waals surface area contributed by atoms with Gasteiger partial charge in [-0.3, -0.25) is 4.90 Å². The minimum Gasteiger partial charge on any atom is -0.314 e. The zero-order chi connectivity index (χ0) is 7.94. The molecule has 0 aromatic carbocycles. The van der Waals surface area contributed by atoms with Crippen molar-refractivity contribution < 1.29 is 0 Å². The molecule has 0 bridgehead atoms. The van der Waals surface area contributed by atoms with Crippen LogP contribution in [-0.4, -0.2) is 43.8 Å². The molecule has 0 unspecified atom stereocenters. The smallest absolute Gasteiger partial charge is 0.0398 e. The van der Waals surface area contributed by atoms with Crippen LogP contribution in [0.1, 0.15) is 0 Å². The van der Waals surface area contributed by atoms with Crippen molar-refractivity contribution in [3.63, 3.8) is 0 Å². The summed E-state index contributed by atoms with van der Waals surface area (Å²) in [4.78, 5) is 2.32. The maximum Gasteiger partial charge on any atom is 0.0398 e. The van der Waals surface area contributed by atoms with Crippen molar-refractivity contribution in [2.45, 2.75) is 0 Å². The van der Waals surface area contributed by atoms with Gasteiger partial charge in [-0.2, -0.15) is 5.10 Å². The van der Waals surface area contributed by atoms with Crippen LogP contribution in [0, 0.1) is 0 Å². The second-order valence-electron chi connectivity index (χ2n) is 2.49. The third-order valence-corrected chi connectivity index (χ3v) is 1.72. The third kappa shape index (κ3) is 3.31. The van der Waals surface area contributed by atoms with Crippen molar-refractivity contribution in [2.24, 2.45) is 10.9 Å². The van der Waals surface area contributed by atoms with Crippen molar-refractivity contribution in [1.82, 2.24) is 15.8 Å². The average Bonchev–Trinajstić information content (AvgIpc) is 2.07. The van der Waals surface area contributed by atoms with E-state index in [0.717, 1.165) is 32.7 Å². The average molecular weight is 157 g/mol. The topological polar surface area (TPSA) is 65.7 Å². The van der Waals surface area contributed by atoms with Gasteiger partial charge < -0.3 is 5.32 Å². The van der Waals surface area contributed by atoms with Crippen molar-refractivity contribution in [1.29, 1.82) is 0 Å². The highest BCUT2D eigenvalue weighted by Gasteiger charge is 2.06. The molecule has 1 aliphatic heterocycles. The predicted molar refractivity (Wildman–Crippen MR) is 45.1 cm³/mol. The summed E-state index contributed by atoms with van der Waals surface area (Å²) in [6.45, 7) is 5.22. The SMILES string of the molecule is NNN=CCN1CCNCC1. The van der Waals surface area contributed by atoms with Gasteiger partial charge in [0.1, 0.15) is 0 Å². The molecule has 4 N–H and O–H groups in total. The Morgan fingerprint density at radius 3 is 2.91 bits per heavy atom. The van der Waals surface area contributed by atoms with Crippen molar-refractivity contribution in [2.75, 3.05) is 32.7 Å². The van der Waals surface area contributed by atoms with Crippen LogP contribution in [0.15, 0.2) is 5.10 Å². The molecule has 11 heavy (non-hydrogen) atoms. The first-order valence-electron chi connectivity index (χ1n) is 3.83. The Balaban J connectivity index is 2.09. The van der Waals surface area contributed by atoms with E-state index in [4.69, 9.17) is 5.84 Å². The van der Waals surface area contributed by atoms with Crippen LogP contribution in [0.5, 0.6) is 0 Å². The molecular formula is C6H15N5. The van der Waals surface area contributed by atoms with Crippen molar-refractivity contribution in [3.8, 4) is 0 Å². The molecule has 0 amide bonds. The Kier molecular flexibility index (Phi) is 3.89. The first-order valence-corrected chi connectivity index (χ1v) is 3.83. The lowest BCUT2D eigenvalue weighted by atomic mass is 10.4. The molecule has 1 aliphatic rings. The lowest BCUT2D eigenvalue weighted by molar-refractivity contribution is 0.273. The number of nitrogens with zero attached hydrogens (tertiary/aromatic N) is 2. The van der Waals surface area contributed by atoms with E-state index in [-0.39, 0.29) is 0 Å². The Labute approximate surface area is 66.6 Å². The quantitative estimate of drug-likeness (QED) is 0.261. The zero-order valence-corrected chi connectivity index (χ0v) is 6.58. The fourth-order valence-electron chi connectivity index (χ4n) is 1.10. The molecule has 0 spiro atoms. The van der Waals surface area contributed by atoms with Crippen LogP contribution in [0.2, 0.25) is 0 Å². The van der Waals surface area contributed by atoms with E-state index in [9.17, 15) is 0 Å². The molecule has 0 atom stereocenters. The standard InChI is InChI=1S/C6H15N5/c7-10-9-3-6-11-4-1-8-2-5-11/h3,8,10H,1-2,4-7H2. The lowest BCUT2D eigenvalue weighted by Crippen LogP contribution is -2.44. The zero-order valence-electron chi connectivity index (χ0n) is 6.58. The molecule has 1 fully saturated rings. The number of hydrogen-bond donors (Lipinski definition) is 3. The summed E-state index contributed by atoms with van der Waals surface area (Å²) in [6, 6.07) is 0. The Hall–Kier alpha value is -0.650. The summed E-state index contributed by atoms with van der Waals surface area (Å²) < 4.78 is 0. The molecule has 5 heteroatoms. The molecular weight excluding hydrogens is 142 g/mol. The number of nitrogens with two attached hydrogens (primary N) is 1. The van der Waals surface area contributed by atoms with Gasteiger partial charge in [-0.15, -0.1) is 0 Å². The summed E-state index contributed by atoms with van der Waals surface area (Å²) in [5.74, 6) is 4.97. The molecule has 5 nitrogen and oxygen atoms in total. The van der Waals surface area contributed by atoms with Gasteiger partial charge in [-0.25, -0.2) is 11.4 Å². The highest BCUT2D eigenvalue weighted by Crippen LogP contribution is 1.88. The van der Waals surface area contributed by atoms with Crippen LogP contribution in [0.3, 0.4) is 0 Å². The Morgan fingerprint density at radius 1 is 1.55 bits per heavy atom. The van der Waals surface area contributed by atoms with Gasteiger partial charge in [-0.1, -0.05) is 0 Å². The van der Waals surface area contributed by atoms with Gasteiger partial charge in [0, 0.05) is 38.9 Å². The molecule has 0 aromatic rings. The van der Waals surface area contributed by atoms with Crippen LogP contribution in [0.4, 0.5) is 0 Å². The minimum atomic E-state index is 0.881. The highest BCUT2D eigenvalue weighted by atomic mass is 15.5. The molecule has 0 radical (unpaired) electrons. The molecule has 0 aliphatic carbocycles. The van der Waals surface area contributed by atoms with Gasteiger partial charge >= 0.3 is 0 Å². The normalized spacial score (nSPS) is 20.8. The van der Waals surface area contributed by atoms with Gasteiger partial charge in [0.2, 0.25) is 0 Å². The fraction of sp³-hybridized carbons (Fsp3) is 0.833. The van der Waals surface area contributed by atoms with Gasteiger partial charge in [0.15, 0.2) is 0 Å². The predicted octanol–water partition coefficient (Wildman–Crippen LogP) is -1.66. The molecule has 0 aromatic heterocycles. The molecule has 0 saturated carbocycles. The third-order valence-electron chi connectivity index (χ3n) is 1.72. The van der Waals surface area contributed by atoms with E-state index in [2.05, 4.69) is 20.9 Å². The number of piperazine rings is 1. The van der Waals surface area contributed by atoms with Gasteiger partial charge in [0.25, 0.3) is 0 Å². The monoisotopic (exact) mass is 157 g/mol. The second kappa shape index (κ2) is 5.06. The van der Waals surface area contributed by atoms with Crippen LogP contribution < -0.4 is 16.7 Å². The Morgan fingerprint density at radius 2 is 2.27 bits per heavy atom. The molecule has 1 saturated heterocycles. The van der Waals surface area contributed by atoms with E-state index in [1.54, 1.807) is 6.21 Å². The number of hydrogen-bond acceptors (Lipinski definition) is 5. The van der Waals surface area contributed by atoms with E-state index < -0.39 is 0 Å². The van der Waals surface area contributed by atoms with E-state index in [1.807, 2.05) is 0 Å². The number of hydrazine groups is 1. The maximum absolute atomic E-state index is 4.97. The van der Waals surface area contributed by atoms with Gasteiger partial charge in [0.05, 0.1) is 0 Å². The minimum absolute atomic E-state index is 0.881. The largest absolute Gasteiger partial charge is 0.314 e. The van der Waals surface area contributed by atoms with Crippen molar-refractivity contribution in [3.05, 3.63) is 0 Å². The number of hydrazone groups is 1. The van der Waals surface area contributed by atoms with Gasteiger partial charge in [-0.05, 0) is 0 Å². The Bertz CT molecular complexity index is 118. The van der Waals surface area contributed by atoms with Crippen LogP contribution in [-0.2, 0) is 0 Å². The first-order chi connectivity index (χ1) is 5.43. The van der Waals surface area contributed by atoms with Crippen LogP contribution in [0.25, 0.3) is 0 Å². The van der Waals surface area contributed by atoms with Crippen molar-refractivity contribution >= 4 is 6.21 Å². The summed E-state index contributed by atoms with van der Waals surface area (Å²) in [6.07, 6.45) is 1.78. The molecule has 1 heterocycles. The summed E-state index contributed by atoms with van der Waals surface area (Å²) in [7, 11) is 0. The van der Waals surface area contributed by atoms with E-state index in [0.29, 0.717) is 0 Å². The molecule has 1 rings (SSSR count). The summed E-state index contributed by atoms with van der Waals surface area (Å²) in [5.41, 5.74) is 2.23. The lowest BCUT2D eigenvalue weighted by Gasteiger charge is -2.25. The van der Waals surface area contributed by atoms with Crippen LogP contribution >= 0.6 is 0 Å². The summed E-state index contributed by atoms with van der Waals surface area (Å²) >= 11 is 0. The summed E-state index contributed by atoms with van der Waals surface area (Å²) in [5, 5.41) is 6.99. The van der Waals surface area contributed by atoms with E-state index in [1.165, 1.54) is 0 Å². The first kappa shape index (κ1) is 8.45. The van der Waals surface area contributed by atoms with E-state index >= 15 is 0 Å². The number of nitrogens with one attached hydrogen (secondary N) is 2. The highest BCUT2D eigenvalue weighted by molar-refractivity contribution is 5.59.